The van der Waals surface area contributed by atoms with Crippen molar-refractivity contribution in [2.45, 2.75) is 18.9 Å². The van der Waals surface area contributed by atoms with Crippen LogP contribution in [0.1, 0.15) is 12.8 Å². The van der Waals surface area contributed by atoms with Crippen molar-refractivity contribution in [3.8, 4) is 0 Å². The molecule has 1 aromatic rings. The number of rotatable bonds is 2. The molecule has 0 aliphatic carbocycles. The van der Waals surface area contributed by atoms with Crippen molar-refractivity contribution < 1.29 is 9.23 Å². The Bertz CT molecular complexity index is 324. The summed E-state index contributed by atoms with van der Waals surface area (Å²) in [6, 6.07) is 6.85. The first-order valence-electron chi connectivity index (χ1n) is 5.16. The molecule has 0 bridgehead atoms. The number of nitrogens with zero attached hydrogens (tertiary/aromatic N) is 1. The van der Waals surface area contributed by atoms with E-state index in [4.69, 9.17) is 10.7 Å². The summed E-state index contributed by atoms with van der Waals surface area (Å²) < 4.78 is 13.5. The molecule has 82 valence electrons. The Labute approximate surface area is 88.6 Å². The third kappa shape index (κ3) is 2.27. The van der Waals surface area contributed by atoms with Gasteiger partial charge in [-0.05, 0) is 25.0 Å². The molecule has 15 heavy (non-hydrogen) atoms. The Kier molecular flexibility index (Phi) is 3.18. The van der Waals surface area contributed by atoms with Gasteiger partial charge >= 0.3 is 0 Å². The summed E-state index contributed by atoms with van der Waals surface area (Å²) in [5.74, 6) is 4.96. The maximum atomic E-state index is 13.5. The van der Waals surface area contributed by atoms with Crippen LogP contribution in [-0.2, 0) is 4.84 Å². The summed E-state index contributed by atoms with van der Waals surface area (Å²) in [5, 5.41) is 0. The van der Waals surface area contributed by atoms with E-state index in [-0.39, 0.29) is 11.9 Å². The van der Waals surface area contributed by atoms with E-state index < -0.39 is 0 Å². The first kappa shape index (κ1) is 10.4. The van der Waals surface area contributed by atoms with Crippen LogP contribution in [0.5, 0.6) is 0 Å². The molecule has 0 radical (unpaired) electrons. The predicted octanol–water partition coefficient (Wildman–Crippen LogP) is 1.68. The van der Waals surface area contributed by atoms with Crippen molar-refractivity contribution in [3.05, 3.63) is 30.1 Å². The third-order valence-corrected chi connectivity index (χ3v) is 2.83. The molecule has 0 spiro atoms. The molecule has 4 heteroatoms. The average molecular weight is 210 g/mol. The standard InChI is InChI=1S/C11H15FN2O/c12-10-3-1-2-4-11(10)14-7-5-9(15-13)6-8-14/h1-4,9H,5-8,13H2. The number of piperidine rings is 1. The van der Waals surface area contributed by atoms with Crippen molar-refractivity contribution in [2.75, 3.05) is 18.0 Å². The zero-order chi connectivity index (χ0) is 10.7. The molecule has 2 rings (SSSR count). The number of nitrogens with two attached hydrogens (primary N) is 1. The van der Waals surface area contributed by atoms with Crippen molar-refractivity contribution in [2.24, 2.45) is 5.90 Å². The smallest absolute Gasteiger partial charge is 0.146 e. The fraction of sp³-hybridized carbons (Fsp3) is 0.455. The second kappa shape index (κ2) is 4.59. The fourth-order valence-corrected chi connectivity index (χ4v) is 1.94. The summed E-state index contributed by atoms with van der Waals surface area (Å²) in [4.78, 5) is 6.82. The molecule has 1 aliphatic rings. The average Bonchev–Trinajstić information content (AvgIpc) is 2.30. The Morgan fingerprint density at radius 3 is 2.53 bits per heavy atom. The van der Waals surface area contributed by atoms with E-state index in [1.54, 1.807) is 12.1 Å². The number of halogens is 1. The van der Waals surface area contributed by atoms with Gasteiger partial charge in [-0.2, -0.15) is 0 Å². The van der Waals surface area contributed by atoms with Crippen LogP contribution in [0, 0.1) is 5.82 Å². The van der Waals surface area contributed by atoms with Gasteiger partial charge in [-0.1, -0.05) is 12.1 Å². The van der Waals surface area contributed by atoms with Crippen LogP contribution in [0.4, 0.5) is 10.1 Å². The molecule has 3 nitrogen and oxygen atoms in total. The Morgan fingerprint density at radius 1 is 1.27 bits per heavy atom. The van der Waals surface area contributed by atoms with E-state index in [0.29, 0.717) is 5.69 Å². The molecule has 0 saturated carbocycles. The molecule has 0 unspecified atom stereocenters. The van der Waals surface area contributed by atoms with E-state index in [9.17, 15) is 4.39 Å². The quantitative estimate of drug-likeness (QED) is 0.755. The first-order valence-corrected chi connectivity index (χ1v) is 5.16. The van der Waals surface area contributed by atoms with E-state index in [1.165, 1.54) is 6.07 Å². The van der Waals surface area contributed by atoms with Crippen LogP contribution in [-0.4, -0.2) is 19.2 Å². The number of hydrogen-bond acceptors (Lipinski definition) is 3. The van der Waals surface area contributed by atoms with Crippen molar-refractivity contribution in [3.63, 3.8) is 0 Å². The molecule has 1 saturated heterocycles. The molecule has 1 aromatic carbocycles. The summed E-state index contributed by atoms with van der Waals surface area (Å²) in [7, 11) is 0. The van der Waals surface area contributed by atoms with E-state index in [2.05, 4.69) is 0 Å². The highest BCUT2D eigenvalue weighted by Gasteiger charge is 2.20. The topological polar surface area (TPSA) is 38.5 Å². The largest absolute Gasteiger partial charge is 0.369 e. The molecule has 1 heterocycles. The maximum Gasteiger partial charge on any atom is 0.146 e. The maximum absolute atomic E-state index is 13.5. The van der Waals surface area contributed by atoms with Gasteiger partial charge in [0.05, 0.1) is 11.8 Å². The van der Waals surface area contributed by atoms with E-state index in [1.807, 2.05) is 11.0 Å². The molecule has 2 N–H and O–H groups in total. The minimum Gasteiger partial charge on any atom is -0.369 e. The number of anilines is 1. The summed E-state index contributed by atoms with van der Waals surface area (Å²) in [6.07, 6.45) is 1.82. The zero-order valence-corrected chi connectivity index (χ0v) is 8.53. The van der Waals surface area contributed by atoms with Crippen LogP contribution < -0.4 is 10.8 Å². The van der Waals surface area contributed by atoms with Crippen molar-refractivity contribution >= 4 is 5.69 Å². The van der Waals surface area contributed by atoms with Crippen LogP contribution in [0.2, 0.25) is 0 Å². The highest BCUT2D eigenvalue weighted by molar-refractivity contribution is 5.47. The molecule has 1 aliphatic heterocycles. The highest BCUT2D eigenvalue weighted by atomic mass is 19.1. The monoisotopic (exact) mass is 210 g/mol. The van der Waals surface area contributed by atoms with Crippen LogP contribution in [0.25, 0.3) is 0 Å². The molecule has 1 fully saturated rings. The van der Waals surface area contributed by atoms with Crippen molar-refractivity contribution in [1.82, 2.24) is 0 Å². The molecule has 0 amide bonds. The Morgan fingerprint density at radius 2 is 1.93 bits per heavy atom. The van der Waals surface area contributed by atoms with E-state index >= 15 is 0 Å². The second-order valence-corrected chi connectivity index (χ2v) is 3.77. The van der Waals surface area contributed by atoms with Crippen molar-refractivity contribution in [1.29, 1.82) is 0 Å². The fourth-order valence-electron chi connectivity index (χ4n) is 1.94. The summed E-state index contributed by atoms with van der Waals surface area (Å²) >= 11 is 0. The lowest BCUT2D eigenvalue weighted by atomic mass is 10.1. The third-order valence-electron chi connectivity index (χ3n) is 2.83. The number of benzene rings is 1. The van der Waals surface area contributed by atoms with Gasteiger partial charge in [0, 0.05) is 13.1 Å². The van der Waals surface area contributed by atoms with E-state index in [0.717, 1.165) is 25.9 Å². The number of hydrogen-bond donors (Lipinski definition) is 1. The van der Waals surface area contributed by atoms with Crippen LogP contribution in [0.3, 0.4) is 0 Å². The molecular weight excluding hydrogens is 195 g/mol. The predicted molar refractivity (Wildman–Crippen MR) is 56.9 cm³/mol. The highest BCUT2D eigenvalue weighted by Crippen LogP contribution is 2.23. The van der Waals surface area contributed by atoms with Crippen LogP contribution in [0.15, 0.2) is 24.3 Å². The van der Waals surface area contributed by atoms with Gasteiger partial charge in [-0.3, -0.25) is 0 Å². The minimum atomic E-state index is -0.162. The van der Waals surface area contributed by atoms with Gasteiger partial charge in [0.2, 0.25) is 0 Å². The van der Waals surface area contributed by atoms with Crippen LogP contribution >= 0.6 is 0 Å². The minimum absolute atomic E-state index is 0.119. The SMILES string of the molecule is NOC1CCN(c2ccccc2F)CC1. The Balaban J connectivity index is 2.04. The lowest BCUT2D eigenvalue weighted by Crippen LogP contribution is -2.38. The van der Waals surface area contributed by atoms with Gasteiger partial charge in [-0.15, -0.1) is 0 Å². The lowest BCUT2D eigenvalue weighted by Gasteiger charge is -2.32. The lowest BCUT2D eigenvalue weighted by molar-refractivity contribution is 0.0367. The molecule has 0 aromatic heterocycles. The van der Waals surface area contributed by atoms with Gasteiger partial charge in [0.1, 0.15) is 5.82 Å². The van der Waals surface area contributed by atoms with Gasteiger partial charge < -0.3 is 9.74 Å². The normalized spacial score (nSPS) is 18.1. The van der Waals surface area contributed by atoms with Gasteiger partial charge in [0.25, 0.3) is 0 Å². The zero-order valence-electron chi connectivity index (χ0n) is 8.53. The summed E-state index contributed by atoms with van der Waals surface area (Å²) in [6.45, 7) is 1.59. The molecular formula is C11H15FN2O. The summed E-state index contributed by atoms with van der Waals surface area (Å²) in [5.41, 5.74) is 0.674. The second-order valence-electron chi connectivity index (χ2n) is 3.77. The molecule has 0 atom stereocenters. The number of para-hydroxylation sites is 1. The first-order chi connectivity index (χ1) is 7.31. The Hall–Kier alpha value is -1.13. The van der Waals surface area contributed by atoms with Gasteiger partial charge in [-0.25, -0.2) is 10.3 Å². The van der Waals surface area contributed by atoms with Gasteiger partial charge in [0.15, 0.2) is 0 Å².